The van der Waals surface area contributed by atoms with E-state index in [2.05, 4.69) is 5.32 Å². The van der Waals surface area contributed by atoms with Gasteiger partial charge in [-0.2, -0.15) is 0 Å². The van der Waals surface area contributed by atoms with E-state index in [1.165, 1.54) is 6.07 Å². The van der Waals surface area contributed by atoms with E-state index < -0.39 is 11.6 Å². The van der Waals surface area contributed by atoms with E-state index in [0.29, 0.717) is 12.1 Å². The Morgan fingerprint density at radius 1 is 1.37 bits per heavy atom. The summed E-state index contributed by atoms with van der Waals surface area (Å²) in [5, 5.41) is 3.29. The maximum atomic E-state index is 13.1. The molecule has 3 nitrogen and oxygen atoms in total. The number of carbonyl (C=O) groups excluding carboxylic acids is 1. The predicted octanol–water partition coefficient (Wildman–Crippen LogP) is 1.72. The lowest BCUT2D eigenvalue weighted by atomic mass is 10.1. The molecule has 2 unspecified atom stereocenters. The molecule has 0 aromatic heterocycles. The number of nitrogens with zero attached hydrogens (tertiary/aromatic N) is 1. The lowest BCUT2D eigenvalue weighted by Gasteiger charge is -2.37. The topological polar surface area (TPSA) is 32.3 Å². The molecule has 0 bridgehead atoms. The first kappa shape index (κ1) is 13.9. The Hall–Kier alpha value is -1.49. The van der Waals surface area contributed by atoms with Gasteiger partial charge >= 0.3 is 0 Å². The number of hydrogen-bond donors (Lipinski definition) is 1. The Labute approximate surface area is 111 Å². The van der Waals surface area contributed by atoms with Gasteiger partial charge in [0.25, 0.3) is 0 Å². The first-order valence-corrected chi connectivity index (χ1v) is 6.44. The van der Waals surface area contributed by atoms with Crippen molar-refractivity contribution in [3.63, 3.8) is 0 Å². The minimum absolute atomic E-state index is 0.0492. The summed E-state index contributed by atoms with van der Waals surface area (Å²) in [4.78, 5) is 14.0. The number of carbonyl (C=O) groups is 1. The largest absolute Gasteiger partial charge is 0.337 e. The lowest BCUT2D eigenvalue weighted by Crippen LogP contribution is -2.56. The maximum Gasteiger partial charge on any atom is 0.227 e. The molecule has 5 heteroatoms. The number of halogens is 2. The molecule has 0 saturated carbocycles. The summed E-state index contributed by atoms with van der Waals surface area (Å²) in [6.07, 6.45) is 0.105. The summed E-state index contributed by atoms with van der Waals surface area (Å²) >= 11 is 0. The first-order valence-electron chi connectivity index (χ1n) is 6.44. The molecule has 1 amide bonds. The molecule has 1 N–H and O–H groups in total. The van der Waals surface area contributed by atoms with Gasteiger partial charge in [-0.1, -0.05) is 6.07 Å². The Kier molecular flexibility index (Phi) is 4.14. The van der Waals surface area contributed by atoms with Crippen LogP contribution in [0.1, 0.15) is 19.4 Å². The van der Waals surface area contributed by atoms with E-state index in [4.69, 9.17) is 0 Å². The minimum Gasteiger partial charge on any atom is -0.337 e. The van der Waals surface area contributed by atoms with Crippen molar-refractivity contribution in [2.75, 3.05) is 13.1 Å². The Morgan fingerprint density at radius 3 is 2.79 bits per heavy atom. The number of piperazine rings is 1. The average Bonchev–Trinajstić information content (AvgIpc) is 2.36. The molecule has 1 saturated heterocycles. The number of hydrogen-bond acceptors (Lipinski definition) is 2. The van der Waals surface area contributed by atoms with Gasteiger partial charge in [0.05, 0.1) is 6.42 Å². The van der Waals surface area contributed by atoms with Crippen molar-refractivity contribution in [2.24, 2.45) is 0 Å². The number of amides is 1. The number of nitrogens with one attached hydrogen (secondary N) is 1. The van der Waals surface area contributed by atoms with Crippen molar-refractivity contribution in [2.45, 2.75) is 32.4 Å². The third kappa shape index (κ3) is 3.29. The highest BCUT2D eigenvalue weighted by Gasteiger charge is 2.26. The van der Waals surface area contributed by atoms with Crippen molar-refractivity contribution < 1.29 is 13.6 Å². The fourth-order valence-corrected chi connectivity index (χ4v) is 2.29. The molecule has 1 fully saturated rings. The van der Waals surface area contributed by atoms with Crippen LogP contribution in [-0.4, -0.2) is 36.0 Å². The third-order valence-corrected chi connectivity index (χ3v) is 3.42. The van der Waals surface area contributed by atoms with Gasteiger partial charge in [-0.15, -0.1) is 0 Å². The predicted molar refractivity (Wildman–Crippen MR) is 68.7 cm³/mol. The molecule has 1 aliphatic rings. The third-order valence-electron chi connectivity index (χ3n) is 3.42. The zero-order valence-corrected chi connectivity index (χ0v) is 11.1. The maximum absolute atomic E-state index is 13.1. The van der Waals surface area contributed by atoms with E-state index in [0.717, 1.165) is 18.7 Å². The molecule has 0 aliphatic carbocycles. The quantitative estimate of drug-likeness (QED) is 0.885. The van der Waals surface area contributed by atoms with Gasteiger partial charge in [-0.05, 0) is 31.5 Å². The smallest absolute Gasteiger partial charge is 0.227 e. The zero-order chi connectivity index (χ0) is 14.0. The van der Waals surface area contributed by atoms with Crippen LogP contribution in [0.2, 0.25) is 0 Å². The molecule has 19 heavy (non-hydrogen) atoms. The van der Waals surface area contributed by atoms with Crippen molar-refractivity contribution in [1.29, 1.82) is 0 Å². The van der Waals surface area contributed by atoms with Gasteiger partial charge in [0.2, 0.25) is 5.91 Å². The summed E-state index contributed by atoms with van der Waals surface area (Å²) in [6.45, 7) is 5.39. The molecule has 2 rings (SSSR count). The standard InChI is InChI=1S/C14H18F2N2O/c1-9-8-18(10(2)7-17-9)14(19)6-11-3-4-12(15)13(16)5-11/h3-5,9-10,17H,6-8H2,1-2H3. The molecular formula is C14H18F2N2O. The molecule has 104 valence electrons. The van der Waals surface area contributed by atoms with Gasteiger partial charge in [0, 0.05) is 25.2 Å². The van der Waals surface area contributed by atoms with Crippen molar-refractivity contribution in [3.05, 3.63) is 35.4 Å². The van der Waals surface area contributed by atoms with Crippen LogP contribution >= 0.6 is 0 Å². The molecule has 1 heterocycles. The van der Waals surface area contributed by atoms with Crippen LogP contribution in [-0.2, 0) is 11.2 Å². The van der Waals surface area contributed by atoms with Crippen molar-refractivity contribution in [3.8, 4) is 0 Å². The van der Waals surface area contributed by atoms with Crippen LogP contribution in [0.15, 0.2) is 18.2 Å². The molecule has 2 atom stereocenters. The van der Waals surface area contributed by atoms with Gasteiger partial charge < -0.3 is 10.2 Å². The Bertz CT molecular complexity index is 479. The molecule has 0 spiro atoms. The monoisotopic (exact) mass is 268 g/mol. The van der Waals surface area contributed by atoms with E-state index >= 15 is 0 Å². The highest BCUT2D eigenvalue weighted by Crippen LogP contribution is 2.13. The second kappa shape index (κ2) is 5.65. The fraction of sp³-hybridized carbons (Fsp3) is 0.500. The van der Waals surface area contributed by atoms with E-state index in [-0.39, 0.29) is 24.4 Å². The highest BCUT2D eigenvalue weighted by molar-refractivity contribution is 5.79. The SMILES string of the molecule is CC1CN(C(=O)Cc2ccc(F)c(F)c2)C(C)CN1. The second-order valence-electron chi connectivity index (χ2n) is 5.13. The van der Waals surface area contributed by atoms with Crippen molar-refractivity contribution >= 4 is 5.91 Å². The van der Waals surface area contributed by atoms with Gasteiger partial charge in [0.15, 0.2) is 11.6 Å². The minimum atomic E-state index is -0.910. The van der Waals surface area contributed by atoms with Crippen LogP contribution in [0.25, 0.3) is 0 Å². The van der Waals surface area contributed by atoms with Crippen LogP contribution < -0.4 is 5.32 Å². The summed E-state index contributed by atoms with van der Waals surface area (Å²) in [5.74, 6) is -1.85. The molecule has 1 aliphatic heterocycles. The van der Waals surface area contributed by atoms with Crippen LogP contribution in [0.4, 0.5) is 8.78 Å². The molecule has 1 aromatic rings. The first-order chi connectivity index (χ1) is 8.97. The number of rotatable bonds is 2. The van der Waals surface area contributed by atoms with Gasteiger partial charge in [0.1, 0.15) is 0 Å². The second-order valence-corrected chi connectivity index (χ2v) is 5.13. The van der Waals surface area contributed by atoms with Crippen LogP contribution in [0.5, 0.6) is 0 Å². The zero-order valence-electron chi connectivity index (χ0n) is 11.1. The summed E-state index contributed by atoms with van der Waals surface area (Å²) in [5.41, 5.74) is 0.502. The highest BCUT2D eigenvalue weighted by atomic mass is 19.2. The molecular weight excluding hydrogens is 250 g/mol. The van der Waals surface area contributed by atoms with Crippen LogP contribution in [0.3, 0.4) is 0 Å². The summed E-state index contributed by atoms with van der Waals surface area (Å²) < 4.78 is 25.9. The van der Waals surface area contributed by atoms with Crippen molar-refractivity contribution in [1.82, 2.24) is 10.2 Å². The summed E-state index contributed by atoms with van der Waals surface area (Å²) in [7, 11) is 0. The number of benzene rings is 1. The van der Waals surface area contributed by atoms with E-state index in [1.54, 1.807) is 4.90 Å². The van der Waals surface area contributed by atoms with Crippen LogP contribution in [0, 0.1) is 11.6 Å². The van der Waals surface area contributed by atoms with E-state index in [1.807, 2.05) is 13.8 Å². The summed E-state index contributed by atoms with van der Waals surface area (Å²) in [6, 6.07) is 3.97. The fourth-order valence-electron chi connectivity index (χ4n) is 2.29. The molecule has 0 radical (unpaired) electrons. The van der Waals surface area contributed by atoms with Gasteiger partial charge in [-0.25, -0.2) is 8.78 Å². The normalized spacial score (nSPS) is 23.5. The lowest BCUT2D eigenvalue weighted by molar-refractivity contribution is -0.133. The average molecular weight is 268 g/mol. The van der Waals surface area contributed by atoms with Gasteiger partial charge in [-0.3, -0.25) is 4.79 Å². The van der Waals surface area contributed by atoms with E-state index in [9.17, 15) is 13.6 Å². The Morgan fingerprint density at radius 2 is 2.11 bits per heavy atom. The molecule has 1 aromatic carbocycles. The Balaban J connectivity index is 2.05.